The number of hydrogen-bond donors (Lipinski definition) is 1. The maximum absolute atomic E-state index is 12.1. The van der Waals surface area contributed by atoms with E-state index in [4.69, 9.17) is 4.74 Å². The first kappa shape index (κ1) is 19.5. The van der Waals surface area contributed by atoms with E-state index in [9.17, 15) is 19.6 Å². The van der Waals surface area contributed by atoms with Gasteiger partial charge >= 0.3 is 5.97 Å². The fraction of sp³-hybridized carbons (Fsp3) is 0.222. The quantitative estimate of drug-likeness (QED) is 0.262. The molecule has 136 valence electrons. The van der Waals surface area contributed by atoms with Gasteiger partial charge in [-0.15, -0.1) is 0 Å². The molecule has 1 N–H and O–H groups in total. The molecule has 0 spiro atoms. The number of pyridine rings is 1. The number of aromatic nitrogens is 1. The van der Waals surface area contributed by atoms with Crippen molar-refractivity contribution in [3.63, 3.8) is 0 Å². The van der Waals surface area contributed by atoms with Crippen molar-refractivity contribution >= 4 is 35.1 Å². The molecule has 26 heavy (non-hydrogen) atoms. The SMILES string of the molecule is CC(=O)c1ccc(NC(=O)C(C)OC(=O)CSc2cccc[n+]2[O-])cc1. The number of nitrogens with one attached hydrogen (secondary N) is 1. The lowest BCUT2D eigenvalue weighted by Crippen LogP contribution is -2.31. The van der Waals surface area contributed by atoms with Crippen molar-refractivity contribution in [3.8, 4) is 0 Å². The van der Waals surface area contributed by atoms with Gasteiger partial charge in [-0.05, 0) is 55.9 Å². The van der Waals surface area contributed by atoms with Crippen LogP contribution in [0.1, 0.15) is 24.2 Å². The highest BCUT2D eigenvalue weighted by Gasteiger charge is 2.19. The minimum Gasteiger partial charge on any atom is -0.618 e. The molecule has 1 heterocycles. The first-order valence-corrected chi connectivity index (χ1v) is 8.77. The number of rotatable bonds is 7. The van der Waals surface area contributed by atoms with Crippen LogP contribution >= 0.6 is 11.8 Å². The molecular formula is C18H18N2O5S. The van der Waals surface area contributed by atoms with Crippen LogP contribution in [0.15, 0.2) is 53.7 Å². The molecular weight excluding hydrogens is 356 g/mol. The van der Waals surface area contributed by atoms with E-state index < -0.39 is 18.0 Å². The van der Waals surface area contributed by atoms with Crippen LogP contribution in [0.3, 0.4) is 0 Å². The smallest absolute Gasteiger partial charge is 0.317 e. The third-order valence-electron chi connectivity index (χ3n) is 3.36. The number of esters is 1. The van der Waals surface area contributed by atoms with Gasteiger partial charge in [-0.2, -0.15) is 4.73 Å². The molecule has 8 heteroatoms. The number of carbonyl (C=O) groups excluding carboxylic acids is 3. The monoisotopic (exact) mass is 374 g/mol. The number of anilines is 1. The normalized spacial score (nSPS) is 11.5. The van der Waals surface area contributed by atoms with Crippen molar-refractivity contribution in [1.29, 1.82) is 0 Å². The Bertz CT molecular complexity index is 807. The predicted molar refractivity (Wildman–Crippen MR) is 96.8 cm³/mol. The summed E-state index contributed by atoms with van der Waals surface area (Å²) in [5.41, 5.74) is 1.03. The summed E-state index contributed by atoms with van der Waals surface area (Å²) in [6, 6.07) is 11.3. The molecule has 0 fully saturated rings. The Kier molecular flexibility index (Phi) is 6.74. The highest BCUT2D eigenvalue weighted by molar-refractivity contribution is 7.99. The van der Waals surface area contributed by atoms with Gasteiger partial charge in [-0.25, -0.2) is 0 Å². The molecule has 0 saturated heterocycles. The fourth-order valence-corrected chi connectivity index (χ4v) is 2.67. The van der Waals surface area contributed by atoms with Gasteiger partial charge in [0.25, 0.3) is 10.9 Å². The zero-order valence-corrected chi connectivity index (χ0v) is 15.1. The lowest BCUT2D eigenvalue weighted by molar-refractivity contribution is -0.645. The lowest BCUT2D eigenvalue weighted by Gasteiger charge is -2.13. The molecule has 1 atom stereocenters. The maximum Gasteiger partial charge on any atom is 0.317 e. The Morgan fingerprint density at radius 3 is 2.50 bits per heavy atom. The number of hydrogen-bond acceptors (Lipinski definition) is 6. The molecule has 1 aromatic carbocycles. The minimum absolute atomic E-state index is 0.0690. The number of ketones is 1. The largest absolute Gasteiger partial charge is 0.618 e. The predicted octanol–water partition coefficient (Wildman–Crippen LogP) is 2.19. The van der Waals surface area contributed by atoms with Crippen LogP contribution in [0.2, 0.25) is 0 Å². The third-order valence-corrected chi connectivity index (χ3v) is 4.35. The molecule has 0 bridgehead atoms. The van der Waals surface area contributed by atoms with Crippen molar-refractivity contribution in [1.82, 2.24) is 0 Å². The first-order chi connectivity index (χ1) is 12.4. The molecule has 1 amide bonds. The lowest BCUT2D eigenvalue weighted by atomic mass is 10.1. The van der Waals surface area contributed by atoms with Gasteiger partial charge in [0.2, 0.25) is 0 Å². The number of ether oxygens (including phenoxy) is 1. The van der Waals surface area contributed by atoms with E-state index in [0.717, 1.165) is 11.8 Å². The summed E-state index contributed by atoms with van der Waals surface area (Å²) in [4.78, 5) is 35.1. The Morgan fingerprint density at radius 1 is 1.19 bits per heavy atom. The molecule has 2 aromatic rings. The Morgan fingerprint density at radius 2 is 1.88 bits per heavy atom. The second-order valence-electron chi connectivity index (χ2n) is 5.41. The second-order valence-corrected chi connectivity index (χ2v) is 6.40. The van der Waals surface area contributed by atoms with Crippen LogP contribution in [0.25, 0.3) is 0 Å². The summed E-state index contributed by atoms with van der Waals surface area (Å²) in [5.74, 6) is -1.25. The van der Waals surface area contributed by atoms with E-state index in [1.165, 1.54) is 20.0 Å². The summed E-state index contributed by atoms with van der Waals surface area (Å²) in [7, 11) is 0. The van der Waals surface area contributed by atoms with Crippen molar-refractivity contribution < 1.29 is 23.9 Å². The number of nitrogens with zero attached hydrogens (tertiary/aromatic N) is 1. The van der Waals surface area contributed by atoms with E-state index in [0.29, 0.717) is 21.0 Å². The van der Waals surface area contributed by atoms with Gasteiger partial charge < -0.3 is 15.3 Å². The number of Topliss-reactive ketones (excluding diaryl/α,β-unsaturated/α-hetero) is 1. The zero-order chi connectivity index (χ0) is 19.1. The number of carbonyl (C=O) groups is 3. The van der Waals surface area contributed by atoms with Crippen molar-refractivity contribution in [2.24, 2.45) is 0 Å². The minimum atomic E-state index is -0.995. The molecule has 1 aromatic heterocycles. The summed E-state index contributed by atoms with van der Waals surface area (Å²) in [6.45, 7) is 2.91. The van der Waals surface area contributed by atoms with E-state index in [2.05, 4.69) is 5.32 Å². The van der Waals surface area contributed by atoms with Crippen LogP contribution in [0.5, 0.6) is 0 Å². The van der Waals surface area contributed by atoms with E-state index in [1.807, 2.05) is 0 Å². The third kappa shape index (κ3) is 5.59. The summed E-state index contributed by atoms with van der Waals surface area (Å²) in [6.07, 6.45) is 0.340. The van der Waals surface area contributed by atoms with Gasteiger partial charge in [-0.3, -0.25) is 14.4 Å². The van der Waals surface area contributed by atoms with Crippen LogP contribution in [-0.4, -0.2) is 29.5 Å². The first-order valence-electron chi connectivity index (χ1n) is 7.79. The van der Waals surface area contributed by atoms with Gasteiger partial charge in [0.15, 0.2) is 18.1 Å². The van der Waals surface area contributed by atoms with Gasteiger partial charge in [-0.1, -0.05) is 0 Å². The fourth-order valence-electron chi connectivity index (χ4n) is 1.97. The molecule has 0 aliphatic rings. The Labute approximate surface area is 154 Å². The highest BCUT2D eigenvalue weighted by atomic mass is 32.2. The summed E-state index contributed by atoms with van der Waals surface area (Å²) >= 11 is 1.03. The second kappa shape index (κ2) is 9.00. The molecule has 2 rings (SSSR count). The molecule has 1 unspecified atom stereocenters. The highest BCUT2D eigenvalue weighted by Crippen LogP contribution is 2.14. The number of benzene rings is 1. The van der Waals surface area contributed by atoms with Crippen LogP contribution in [-0.2, 0) is 14.3 Å². The van der Waals surface area contributed by atoms with Gasteiger partial charge in [0.1, 0.15) is 5.75 Å². The number of amides is 1. The molecule has 7 nitrogen and oxygen atoms in total. The zero-order valence-electron chi connectivity index (χ0n) is 14.3. The average Bonchev–Trinajstić information content (AvgIpc) is 2.61. The number of thioether (sulfide) groups is 1. The standard InChI is InChI=1S/C18H18N2O5S/c1-12(21)14-6-8-15(9-7-14)19-18(23)13(2)25-17(22)11-26-16-5-3-4-10-20(16)24/h3-10,13H,11H2,1-2H3,(H,19,23). The van der Waals surface area contributed by atoms with Crippen LogP contribution in [0.4, 0.5) is 5.69 Å². The Hall–Kier alpha value is -2.87. The topological polar surface area (TPSA) is 99.4 Å². The molecule has 0 radical (unpaired) electrons. The maximum atomic E-state index is 12.1. The summed E-state index contributed by atoms with van der Waals surface area (Å²) in [5, 5.41) is 14.5. The molecule has 0 aliphatic heterocycles. The van der Waals surface area contributed by atoms with E-state index >= 15 is 0 Å². The van der Waals surface area contributed by atoms with Crippen molar-refractivity contribution in [2.75, 3.05) is 11.1 Å². The average molecular weight is 374 g/mol. The molecule has 0 aliphatic carbocycles. The van der Waals surface area contributed by atoms with Crippen LogP contribution in [0, 0.1) is 5.21 Å². The van der Waals surface area contributed by atoms with Crippen LogP contribution < -0.4 is 10.0 Å². The van der Waals surface area contributed by atoms with E-state index in [-0.39, 0.29) is 11.5 Å². The molecule has 0 saturated carbocycles. The Balaban J connectivity index is 1.83. The van der Waals surface area contributed by atoms with Crippen molar-refractivity contribution in [3.05, 3.63) is 59.4 Å². The van der Waals surface area contributed by atoms with E-state index in [1.54, 1.807) is 42.5 Å². The summed E-state index contributed by atoms with van der Waals surface area (Å²) < 4.78 is 5.72. The van der Waals surface area contributed by atoms with Gasteiger partial charge in [0.05, 0.1) is 0 Å². The van der Waals surface area contributed by atoms with Crippen molar-refractivity contribution in [2.45, 2.75) is 25.0 Å². The van der Waals surface area contributed by atoms with Gasteiger partial charge in [0, 0.05) is 23.4 Å².